The molecule has 168 valence electrons. The minimum absolute atomic E-state index is 0.0812. The maximum atomic E-state index is 13.9. The first-order chi connectivity index (χ1) is 14.3. The summed E-state index contributed by atoms with van der Waals surface area (Å²) in [5.41, 5.74) is 3.13. The van der Waals surface area contributed by atoms with Gasteiger partial charge < -0.3 is 5.11 Å². The number of carbonyl (C=O) groups is 2. The highest BCUT2D eigenvalue weighted by Gasteiger charge is 2.51. The van der Waals surface area contributed by atoms with Crippen molar-refractivity contribution in [2.24, 2.45) is 17.3 Å². The van der Waals surface area contributed by atoms with Crippen LogP contribution >= 0.6 is 9.12 Å². The zero-order valence-corrected chi connectivity index (χ0v) is 20.6. The van der Waals surface area contributed by atoms with Crippen molar-refractivity contribution in [2.45, 2.75) is 92.4 Å². The quantitative estimate of drug-likeness (QED) is 0.321. The maximum absolute atomic E-state index is 13.9. The molecule has 1 aliphatic carbocycles. The SMILES string of the molecule is CCCCC(CC)CC(C(=O)O)C1(C(=O)c2c(C)cc(C)cc2C)CCCC1.O=[PH2+]. The molecular weight excluding hydrogens is 395 g/mol. The van der Waals surface area contributed by atoms with Gasteiger partial charge in [0.1, 0.15) is 0 Å². The number of hydrogen-bond donors (Lipinski definition) is 1. The van der Waals surface area contributed by atoms with Gasteiger partial charge in [-0.2, -0.15) is 0 Å². The van der Waals surface area contributed by atoms with Crippen LogP contribution in [0.5, 0.6) is 0 Å². The average molecular weight is 436 g/mol. The lowest BCUT2D eigenvalue weighted by atomic mass is 9.65. The Labute approximate surface area is 184 Å². The third-order valence-corrected chi connectivity index (χ3v) is 6.93. The molecule has 0 amide bonds. The minimum Gasteiger partial charge on any atom is -0.481 e. The highest BCUT2D eigenvalue weighted by molar-refractivity contribution is 7.00. The number of carbonyl (C=O) groups excluding carboxylic acids is 1. The van der Waals surface area contributed by atoms with Gasteiger partial charge in [-0.3, -0.25) is 9.59 Å². The number of benzene rings is 1. The van der Waals surface area contributed by atoms with E-state index in [2.05, 4.69) is 26.0 Å². The number of unbranched alkanes of at least 4 members (excludes halogenated alkanes) is 1. The van der Waals surface area contributed by atoms with Gasteiger partial charge in [0.15, 0.2) is 5.78 Å². The molecule has 1 saturated carbocycles. The van der Waals surface area contributed by atoms with Crippen molar-refractivity contribution in [1.82, 2.24) is 0 Å². The van der Waals surface area contributed by atoms with Crippen LogP contribution in [0.25, 0.3) is 0 Å². The van der Waals surface area contributed by atoms with Gasteiger partial charge in [-0.15, -0.1) is 0 Å². The predicted molar refractivity (Wildman–Crippen MR) is 125 cm³/mol. The Balaban J connectivity index is 0.00000218. The van der Waals surface area contributed by atoms with Crippen LogP contribution in [-0.4, -0.2) is 16.9 Å². The molecule has 3 atom stereocenters. The number of aliphatic carboxylic acids is 1. The molecule has 0 spiro atoms. The number of aryl methyl sites for hydroxylation is 3. The zero-order valence-electron chi connectivity index (χ0n) is 19.4. The lowest BCUT2D eigenvalue weighted by molar-refractivity contribution is -0.146. The summed E-state index contributed by atoms with van der Waals surface area (Å²) in [6, 6.07) is 4.10. The molecule has 0 bridgehead atoms. The molecule has 4 nitrogen and oxygen atoms in total. The summed E-state index contributed by atoms with van der Waals surface area (Å²) in [6.45, 7) is 10.3. The van der Waals surface area contributed by atoms with Crippen LogP contribution in [0.2, 0.25) is 0 Å². The van der Waals surface area contributed by atoms with E-state index in [1.807, 2.05) is 20.8 Å². The topological polar surface area (TPSA) is 71.4 Å². The Hall–Kier alpha value is -1.54. The van der Waals surface area contributed by atoms with E-state index in [-0.39, 0.29) is 5.78 Å². The van der Waals surface area contributed by atoms with Crippen LogP contribution in [-0.2, 0) is 9.36 Å². The van der Waals surface area contributed by atoms with Gasteiger partial charge in [0.25, 0.3) is 0 Å². The largest absolute Gasteiger partial charge is 0.481 e. The molecule has 1 aromatic carbocycles. The Kier molecular flexibility index (Phi) is 10.9. The average Bonchev–Trinajstić information content (AvgIpc) is 3.19. The van der Waals surface area contributed by atoms with Crippen LogP contribution in [0.4, 0.5) is 0 Å². The first-order valence-corrected chi connectivity index (χ1v) is 11.8. The number of ketones is 1. The van der Waals surface area contributed by atoms with E-state index in [1.165, 1.54) is 9.12 Å². The van der Waals surface area contributed by atoms with Crippen LogP contribution in [0.3, 0.4) is 0 Å². The summed E-state index contributed by atoms with van der Waals surface area (Å²) in [5.74, 6) is -0.902. The van der Waals surface area contributed by atoms with Crippen molar-refractivity contribution in [1.29, 1.82) is 0 Å². The second-order valence-corrected chi connectivity index (χ2v) is 9.01. The standard InChI is InChI=1S/C25H38O3.H2OP/c1-6-8-11-20(7-2)16-21(24(27)28)25(12-9-10-13-25)23(26)22-18(4)14-17(3)15-19(22)5;1-2/h14-15,20-21H,6-13,16H2,1-5H3,(H,27,28);2H2/q;+1. The first-order valence-electron chi connectivity index (χ1n) is 11.4. The smallest absolute Gasteiger partial charge is 0.310 e. The van der Waals surface area contributed by atoms with Crippen molar-refractivity contribution in [3.8, 4) is 0 Å². The molecule has 5 heteroatoms. The third-order valence-electron chi connectivity index (χ3n) is 6.93. The fourth-order valence-electron chi connectivity index (χ4n) is 5.40. The third kappa shape index (κ3) is 6.00. The van der Waals surface area contributed by atoms with Gasteiger partial charge >= 0.3 is 15.1 Å². The summed E-state index contributed by atoms with van der Waals surface area (Å²) >= 11 is 0. The number of Topliss-reactive ketones (excluding diaryl/α,β-unsaturated/α-hetero) is 1. The lowest BCUT2D eigenvalue weighted by Gasteiger charge is -2.36. The zero-order chi connectivity index (χ0) is 22.9. The summed E-state index contributed by atoms with van der Waals surface area (Å²) in [4.78, 5) is 26.3. The van der Waals surface area contributed by atoms with Crippen molar-refractivity contribution >= 4 is 20.9 Å². The van der Waals surface area contributed by atoms with Gasteiger partial charge in [-0.25, -0.2) is 0 Å². The number of rotatable bonds is 10. The van der Waals surface area contributed by atoms with Gasteiger partial charge in [0.2, 0.25) is 0 Å². The molecule has 1 N–H and O–H groups in total. The molecule has 0 heterocycles. The van der Waals surface area contributed by atoms with E-state index in [4.69, 9.17) is 4.57 Å². The first kappa shape index (κ1) is 26.5. The van der Waals surface area contributed by atoms with E-state index in [1.54, 1.807) is 0 Å². The normalized spacial score (nSPS) is 17.0. The van der Waals surface area contributed by atoms with Crippen LogP contribution in [0, 0.1) is 38.0 Å². The van der Waals surface area contributed by atoms with E-state index < -0.39 is 17.3 Å². The Morgan fingerprint density at radius 2 is 1.60 bits per heavy atom. The second kappa shape index (κ2) is 12.3. The van der Waals surface area contributed by atoms with E-state index in [0.29, 0.717) is 25.2 Å². The molecule has 0 aliphatic heterocycles. The predicted octanol–water partition coefficient (Wildman–Crippen LogP) is 6.87. The molecule has 1 aromatic rings. The Morgan fingerprint density at radius 3 is 2.03 bits per heavy atom. The maximum Gasteiger partial charge on any atom is 0.310 e. The van der Waals surface area contributed by atoms with Crippen LogP contribution in [0.15, 0.2) is 12.1 Å². The molecule has 3 unspecified atom stereocenters. The summed E-state index contributed by atoms with van der Waals surface area (Å²) < 4.78 is 8.17. The molecule has 1 aliphatic rings. The van der Waals surface area contributed by atoms with Gasteiger partial charge in [0, 0.05) is 11.0 Å². The van der Waals surface area contributed by atoms with Gasteiger partial charge in [0.05, 0.1) is 5.92 Å². The van der Waals surface area contributed by atoms with E-state index >= 15 is 0 Å². The molecule has 0 saturated heterocycles. The van der Waals surface area contributed by atoms with Crippen molar-refractivity contribution < 1.29 is 19.3 Å². The number of carboxylic acid groups (broad SMARTS) is 1. The highest BCUT2D eigenvalue weighted by atomic mass is 31.0. The second-order valence-electron chi connectivity index (χ2n) is 9.01. The van der Waals surface area contributed by atoms with Crippen molar-refractivity contribution in [3.05, 3.63) is 34.4 Å². The Morgan fingerprint density at radius 1 is 1.07 bits per heavy atom. The minimum atomic E-state index is -0.785. The molecule has 1 fully saturated rings. The molecule has 0 radical (unpaired) electrons. The molecule has 30 heavy (non-hydrogen) atoms. The van der Waals surface area contributed by atoms with Crippen molar-refractivity contribution in [2.75, 3.05) is 0 Å². The fourth-order valence-corrected chi connectivity index (χ4v) is 5.40. The molecule has 0 aromatic heterocycles. The lowest BCUT2D eigenvalue weighted by Crippen LogP contribution is -2.42. The highest BCUT2D eigenvalue weighted by Crippen LogP contribution is 2.50. The molecular formula is C25H40O4P+. The van der Waals surface area contributed by atoms with Crippen LogP contribution in [0.1, 0.15) is 98.7 Å². The summed E-state index contributed by atoms with van der Waals surface area (Å²) in [5, 5.41) is 10.2. The van der Waals surface area contributed by atoms with Crippen molar-refractivity contribution in [3.63, 3.8) is 0 Å². The van der Waals surface area contributed by atoms with E-state index in [9.17, 15) is 14.7 Å². The summed E-state index contributed by atoms with van der Waals surface area (Å²) in [7, 11) is 1.17. The number of hydrogen-bond acceptors (Lipinski definition) is 3. The molecule has 2 rings (SSSR count). The van der Waals surface area contributed by atoms with Crippen LogP contribution < -0.4 is 0 Å². The van der Waals surface area contributed by atoms with Gasteiger partial charge in [-0.05, 0) is 57.1 Å². The Bertz CT molecular complexity index is 699. The van der Waals surface area contributed by atoms with Gasteiger partial charge in [-0.1, -0.05) is 74.6 Å². The van der Waals surface area contributed by atoms with E-state index in [0.717, 1.165) is 60.8 Å². The monoisotopic (exact) mass is 435 g/mol. The summed E-state index contributed by atoms with van der Waals surface area (Å²) in [6.07, 6.45) is 8.24. The fraction of sp³-hybridized carbons (Fsp3) is 0.680. The number of carboxylic acids is 1.